The first-order valence-corrected chi connectivity index (χ1v) is 10.7. The number of benzene rings is 1. The lowest BCUT2D eigenvalue weighted by Gasteiger charge is -2.41. The molecule has 8 heteroatoms. The van der Waals surface area contributed by atoms with E-state index in [1.807, 2.05) is 6.92 Å². The average Bonchev–Trinajstić information content (AvgIpc) is 3.46. The lowest BCUT2D eigenvalue weighted by molar-refractivity contribution is -0.136. The fourth-order valence-corrected chi connectivity index (χ4v) is 4.71. The lowest BCUT2D eigenvalue weighted by atomic mass is 9.74. The first-order chi connectivity index (χ1) is 14.8. The zero-order valence-corrected chi connectivity index (χ0v) is 17.3. The molecule has 2 aromatic heterocycles. The van der Waals surface area contributed by atoms with E-state index in [2.05, 4.69) is 10.2 Å². The Morgan fingerprint density at radius 2 is 1.77 bits per heavy atom. The third-order valence-corrected chi connectivity index (χ3v) is 6.81. The van der Waals surface area contributed by atoms with Crippen LogP contribution in [-0.4, -0.2) is 27.7 Å². The van der Waals surface area contributed by atoms with Crippen molar-refractivity contribution in [3.05, 3.63) is 59.3 Å². The largest absolute Gasteiger partial charge is 0.422 e. The summed E-state index contributed by atoms with van der Waals surface area (Å²) in [5.41, 5.74) is -0.525. The molecule has 1 aromatic carbocycles. The Morgan fingerprint density at radius 3 is 2.42 bits per heavy atom. The molecule has 31 heavy (non-hydrogen) atoms. The van der Waals surface area contributed by atoms with Gasteiger partial charge in [0.25, 0.3) is 0 Å². The van der Waals surface area contributed by atoms with Crippen LogP contribution in [0.25, 0.3) is 5.65 Å². The number of rotatable bonds is 4. The minimum atomic E-state index is -4.55. The molecule has 0 spiro atoms. The van der Waals surface area contributed by atoms with Gasteiger partial charge in [0.15, 0.2) is 5.65 Å². The van der Waals surface area contributed by atoms with Gasteiger partial charge in [0.1, 0.15) is 17.2 Å². The van der Waals surface area contributed by atoms with Gasteiger partial charge in [-0.2, -0.15) is 13.2 Å². The highest BCUT2D eigenvalue weighted by atomic mass is 19.4. The predicted octanol–water partition coefficient (Wildman–Crippen LogP) is 5.40. The molecule has 0 N–H and O–H groups in total. The number of fused-ring (bicyclic) bond motifs is 1. The van der Waals surface area contributed by atoms with Crippen molar-refractivity contribution in [1.29, 1.82) is 0 Å². The van der Waals surface area contributed by atoms with E-state index in [0.717, 1.165) is 12.8 Å². The standard InChI is InChI=1S/C23H24F4N4/c1-22(16-4-2-3-5-17(16)24)9-12-30(13-10-22)18-8-11-31-19(14-15-6-7-15)28-29-21(31)20(18)23(25,26)27/h2-5,8,11,15H,6-7,9-10,12-14H2,1H3. The van der Waals surface area contributed by atoms with E-state index in [9.17, 15) is 17.6 Å². The predicted molar refractivity (Wildman–Crippen MR) is 110 cm³/mol. The number of aromatic nitrogens is 3. The van der Waals surface area contributed by atoms with Gasteiger partial charge in [-0.15, -0.1) is 10.2 Å². The summed E-state index contributed by atoms with van der Waals surface area (Å²) >= 11 is 0. The van der Waals surface area contributed by atoms with Crippen LogP contribution in [0.3, 0.4) is 0 Å². The van der Waals surface area contributed by atoms with Crippen molar-refractivity contribution in [3.63, 3.8) is 0 Å². The van der Waals surface area contributed by atoms with Crippen LogP contribution in [-0.2, 0) is 18.0 Å². The highest BCUT2D eigenvalue weighted by molar-refractivity contribution is 5.67. The van der Waals surface area contributed by atoms with Crippen LogP contribution >= 0.6 is 0 Å². The van der Waals surface area contributed by atoms with Crippen molar-refractivity contribution in [2.75, 3.05) is 18.0 Å². The average molecular weight is 432 g/mol. The minimum Gasteiger partial charge on any atom is -0.371 e. The molecule has 5 rings (SSSR count). The highest BCUT2D eigenvalue weighted by Gasteiger charge is 2.41. The molecule has 3 heterocycles. The van der Waals surface area contributed by atoms with Gasteiger partial charge in [0.2, 0.25) is 0 Å². The number of hydrogen-bond acceptors (Lipinski definition) is 3. The topological polar surface area (TPSA) is 33.4 Å². The first kappa shape index (κ1) is 20.3. The molecule has 2 fully saturated rings. The molecule has 0 atom stereocenters. The Labute approximate surface area is 177 Å². The molecule has 2 aliphatic rings. The van der Waals surface area contributed by atoms with Gasteiger partial charge in [-0.3, -0.25) is 4.40 Å². The number of nitrogens with zero attached hydrogens (tertiary/aromatic N) is 4. The Morgan fingerprint density at radius 1 is 1.06 bits per heavy atom. The van der Waals surface area contributed by atoms with Gasteiger partial charge >= 0.3 is 6.18 Å². The molecule has 3 aromatic rings. The molecule has 0 radical (unpaired) electrons. The molecule has 1 aliphatic carbocycles. The fraction of sp³-hybridized carbons (Fsp3) is 0.478. The van der Waals surface area contributed by atoms with Crippen molar-refractivity contribution in [2.24, 2.45) is 5.92 Å². The van der Waals surface area contributed by atoms with Gasteiger partial charge in [-0.05, 0) is 54.7 Å². The molecule has 0 amide bonds. The molecule has 0 bridgehead atoms. The summed E-state index contributed by atoms with van der Waals surface area (Å²) in [7, 11) is 0. The van der Waals surface area contributed by atoms with Crippen LogP contribution in [0.5, 0.6) is 0 Å². The second kappa shape index (κ2) is 7.21. The van der Waals surface area contributed by atoms with E-state index in [4.69, 9.17) is 0 Å². The van der Waals surface area contributed by atoms with E-state index in [1.165, 1.54) is 16.5 Å². The summed E-state index contributed by atoms with van der Waals surface area (Å²) < 4.78 is 58.2. The maximum atomic E-state index is 14.4. The first-order valence-electron chi connectivity index (χ1n) is 10.7. The lowest BCUT2D eigenvalue weighted by Crippen LogP contribution is -2.42. The second-order valence-electron chi connectivity index (χ2n) is 9.06. The van der Waals surface area contributed by atoms with Crippen molar-refractivity contribution >= 4 is 11.3 Å². The number of halogens is 4. The second-order valence-corrected chi connectivity index (χ2v) is 9.06. The quantitative estimate of drug-likeness (QED) is 0.518. The van der Waals surface area contributed by atoms with Crippen LogP contribution in [0.1, 0.15) is 49.6 Å². The molecule has 4 nitrogen and oxygen atoms in total. The maximum Gasteiger partial charge on any atom is 0.422 e. The van der Waals surface area contributed by atoms with Gasteiger partial charge in [0.05, 0.1) is 5.69 Å². The summed E-state index contributed by atoms with van der Waals surface area (Å²) in [6.07, 6.45) is 1.08. The SMILES string of the molecule is CC1(c2ccccc2F)CCN(c2ccn3c(CC4CC4)nnc3c2C(F)(F)F)CC1. The van der Waals surface area contributed by atoms with Crippen molar-refractivity contribution in [3.8, 4) is 0 Å². The third kappa shape index (κ3) is 3.66. The van der Waals surface area contributed by atoms with Crippen molar-refractivity contribution < 1.29 is 17.6 Å². The minimum absolute atomic E-state index is 0.126. The van der Waals surface area contributed by atoms with Crippen molar-refractivity contribution in [1.82, 2.24) is 14.6 Å². The fourth-order valence-electron chi connectivity index (χ4n) is 4.71. The Kier molecular flexibility index (Phi) is 4.71. The van der Waals surface area contributed by atoms with E-state index in [1.54, 1.807) is 29.3 Å². The van der Waals surface area contributed by atoms with E-state index in [0.29, 0.717) is 49.7 Å². The molecular formula is C23H24F4N4. The third-order valence-electron chi connectivity index (χ3n) is 6.81. The molecule has 1 saturated carbocycles. The number of alkyl halides is 3. The maximum absolute atomic E-state index is 14.4. The summed E-state index contributed by atoms with van der Waals surface area (Å²) in [6, 6.07) is 8.19. The Bertz CT molecular complexity index is 1110. The van der Waals surface area contributed by atoms with E-state index < -0.39 is 17.2 Å². The van der Waals surface area contributed by atoms with Gasteiger partial charge < -0.3 is 4.90 Å². The summed E-state index contributed by atoms with van der Waals surface area (Å²) in [5.74, 6) is 0.822. The van der Waals surface area contributed by atoms with E-state index in [-0.39, 0.29) is 17.2 Å². The number of pyridine rings is 1. The van der Waals surface area contributed by atoms with Crippen LogP contribution in [0.2, 0.25) is 0 Å². The van der Waals surface area contributed by atoms with Gasteiger partial charge in [-0.25, -0.2) is 4.39 Å². The zero-order valence-electron chi connectivity index (χ0n) is 17.3. The van der Waals surface area contributed by atoms with Crippen LogP contribution in [0.15, 0.2) is 36.5 Å². The molecule has 1 aliphatic heterocycles. The van der Waals surface area contributed by atoms with Crippen molar-refractivity contribution in [2.45, 2.75) is 50.6 Å². The Balaban J connectivity index is 1.47. The number of hydrogen-bond donors (Lipinski definition) is 0. The normalized spacial score (nSPS) is 19.2. The monoisotopic (exact) mass is 432 g/mol. The molecule has 0 unspecified atom stereocenters. The van der Waals surface area contributed by atoms with Gasteiger partial charge in [-0.1, -0.05) is 25.1 Å². The molecule has 1 saturated heterocycles. The van der Waals surface area contributed by atoms with E-state index >= 15 is 0 Å². The zero-order chi connectivity index (χ0) is 21.8. The smallest absolute Gasteiger partial charge is 0.371 e. The number of anilines is 1. The van der Waals surface area contributed by atoms with Gasteiger partial charge in [0, 0.05) is 25.7 Å². The number of piperidine rings is 1. The Hall–Kier alpha value is -2.64. The highest BCUT2D eigenvalue weighted by Crippen LogP contribution is 2.43. The molecular weight excluding hydrogens is 408 g/mol. The van der Waals surface area contributed by atoms with Crippen LogP contribution in [0, 0.1) is 11.7 Å². The summed E-state index contributed by atoms with van der Waals surface area (Å²) in [4.78, 5) is 1.75. The summed E-state index contributed by atoms with van der Waals surface area (Å²) in [6.45, 7) is 2.81. The van der Waals surface area contributed by atoms with Crippen LogP contribution in [0.4, 0.5) is 23.2 Å². The summed E-state index contributed by atoms with van der Waals surface area (Å²) in [5, 5.41) is 7.99. The van der Waals surface area contributed by atoms with Crippen LogP contribution < -0.4 is 4.90 Å². The molecule has 164 valence electrons.